The Bertz CT molecular complexity index is 556. The Morgan fingerprint density at radius 2 is 2.05 bits per heavy atom. The Balaban J connectivity index is 2.13. The van der Waals surface area contributed by atoms with Crippen molar-refractivity contribution >= 4 is 10.0 Å². The summed E-state index contributed by atoms with van der Waals surface area (Å²) in [7, 11) is -0.783. The summed E-state index contributed by atoms with van der Waals surface area (Å²) in [6, 6.07) is 4.72. The lowest BCUT2D eigenvalue weighted by molar-refractivity contribution is 0.363. The van der Waals surface area contributed by atoms with Gasteiger partial charge in [0, 0.05) is 26.7 Å². The number of nitrogens with one attached hydrogen (secondary N) is 2. The Kier molecular flexibility index (Phi) is 4.19. The van der Waals surface area contributed by atoms with Gasteiger partial charge in [-0.15, -0.1) is 4.83 Å². The third-order valence-corrected chi connectivity index (χ3v) is 4.28. The quantitative estimate of drug-likeness (QED) is 0.761. The molecule has 0 aliphatic heterocycles. The van der Waals surface area contributed by atoms with Crippen molar-refractivity contribution in [2.75, 3.05) is 14.1 Å². The summed E-state index contributed by atoms with van der Waals surface area (Å²) in [4.78, 5) is 1.87. The van der Waals surface area contributed by atoms with Gasteiger partial charge in [0.2, 0.25) is 0 Å². The third-order valence-electron chi connectivity index (χ3n) is 2.76. The van der Waals surface area contributed by atoms with Gasteiger partial charge in [-0.05, 0) is 30.5 Å². The maximum absolute atomic E-state index is 13.9. The van der Waals surface area contributed by atoms with Gasteiger partial charge in [0.15, 0.2) is 0 Å². The molecule has 2 N–H and O–H groups in total. The lowest BCUT2D eigenvalue weighted by Crippen LogP contribution is -2.36. The van der Waals surface area contributed by atoms with Gasteiger partial charge in [0.1, 0.15) is 10.7 Å². The lowest BCUT2D eigenvalue weighted by atomic mass is 10.2. The van der Waals surface area contributed by atoms with Crippen LogP contribution in [-0.2, 0) is 16.6 Å². The van der Waals surface area contributed by atoms with E-state index in [4.69, 9.17) is 0 Å². The average molecular weight is 287 g/mol. The molecule has 1 aliphatic rings. The molecule has 0 heterocycles. The molecule has 0 atom stereocenters. The molecule has 1 aliphatic carbocycles. The van der Waals surface area contributed by atoms with Crippen LogP contribution in [0.3, 0.4) is 0 Å². The van der Waals surface area contributed by atoms with Crippen LogP contribution in [0, 0.1) is 5.82 Å². The lowest BCUT2D eigenvalue weighted by Gasteiger charge is -2.13. The molecule has 1 saturated carbocycles. The van der Waals surface area contributed by atoms with Gasteiger partial charge < -0.3 is 5.32 Å². The molecule has 0 bridgehead atoms. The SMILES string of the molecule is CN(C)NS(=O)(=O)c1ccc(CNC2CC2)cc1F. The number of hydrogen-bond acceptors (Lipinski definition) is 4. The van der Waals surface area contributed by atoms with E-state index in [9.17, 15) is 12.8 Å². The smallest absolute Gasteiger partial charge is 0.256 e. The van der Waals surface area contributed by atoms with Crippen LogP contribution in [0.15, 0.2) is 23.1 Å². The monoisotopic (exact) mass is 287 g/mol. The highest BCUT2D eigenvalue weighted by Gasteiger charge is 2.22. The van der Waals surface area contributed by atoms with Gasteiger partial charge in [-0.2, -0.15) is 0 Å². The largest absolute Gasteiger partial charge is 0.310 e. The van der Waals surface area contributed by atoms with Gasteiger partial charge in [-0.25, -0.2) is 17.8 Å². The number of hydrogen-bond donors (Lipinski definition) is 2. The summed E-state index contributed by atoms with van der Waals surface area (Å²) in [5.41, 5.74) is 0.744. The number of benzene rings is 1. The number of hydrazine groups is 1. The van der Waals surface area contributed by atoms with Crippen molar-refractivity contribution in [1.29, 1.82) is 0 Å². The van der Waals surface area contributed by atoms with Gasteiger partial charge in [0.25, 0.3) is 10.0 Å². The van der Waals surface area contributed by atoms with Crippen LogP contribution in [0.2, 0.25) is 0 Å². The van der Waals surface area contributed by atoms with Crippen LogP contribution in [-0.4, -0.2) is 33.6 Å². The van der Waals surface area contributed by atoms with Gasteiger partial charge >= 0.3 is 0 Å². The molecule has 106 valence electrons. The first-order valence-corrected chi connectivity index (χ1v) is 7.58. The van der Waals surface area contributed by atoms with Crippen molar-refractivity contribution in [3.05, 3.63) is 29.6 Å². The Hall–Kier alpha value is -1.02. The van der Waals surface area contributed by atoms with Crippen LogP contribution in [0.4, 0.5) is 4.39 Å². The zero-order valence-electron chi connectivity index (χ0n) is 11.0. The van der Waals surface area contributed by atoms with Crippen LogP contribution < -0.4 is 10.1 Å². The molecule has 19 heavy (non-hydrogen) atoms. The highest BCUT2D eigenvalue weighted by Crippen LogP contribution is 2.20. The number of rotatable bonds is 6. The first-order valence-electron chi connectivity index (χ1n) is 6.10. The highest BCUT2D eigenvalue weighted by atomic mass is 32.2. The predicted octanol–water partition coefficient (Wildman–Crippen LogP) is 0.833. The van der Waals surface area contributed by atoms with E-state index in [0.29, 0.717) is 12.6 Å². The highest BCUT2D eigenvalue weighted by molar-refractivity contribution is 7.89. The second-order valence-corrected chi connectivity index (χ2v) is 6.54. The van der Waals surface area contributed by atoms with Crippen LogP contribution >= 0.6 is 0 Å². The normalized spacial score (nSPS) is 16.0. The minimum Gasteiger partial charge on any atom is -0.310 e. The van der Waals surface area contributed by atoms with E-state index in [1.807, 2.05) is 0 Å². The second kappa shape index (κ2) is 5.54. The zero-order chi connectivity index (χ0) is 14.0. The summed E-state index contributed by atoms with van der Waals surface area (Å²) in [5.74, 6) is -0.732. The molecule has 1 aromatic rings. The molecular weight excluding hydrogens is 269 g/mol. The molecule has 2 rings (SSSR count). The van der Waals surface area contributed by atoms with E-state index in [1.165, 1.54) is 31.2 Å². The van der Waals surface area contributed by atoms with Crippen molar-refractivity contribution in [2.24, 2.45) is 0 Å². The molecule has 0 unspecified atom stereocenters. The Morgan fingerprint density at radius 3 is 2.58 bits per heavy atom. The Labute approximate surface area is 112 Å². The van der Waals surface area contributed by atoms with Crippen molar-refractivity contribution in [1.82, 2.24) is 15.2 Å². The molecule has 7 heteroatoms. The topological polar surface area (TPSA) is 61.4 Å². The van der Waals surface area contributed by atoms with E-state index < -0.39 is 15.8 Å². The molecule has 1 fully saturated rings. The van der Waals surface area contributed by atoms with Gasteiger partial charge in [-0.1, -0.05) is 6.07 Å². The molecule has 0 aromatic heterocycles. The fraction of sp³-hybridized carbons (Fsp3) is 0.500. The van der Waals surface area contributed by atoms with Crippen LogP contribution in [0.25, 0.3) is 0 Å². The number of nitrogens with zero attached hydrogens (tertiary/aromatic N) is 1. The number of halogens is 1. The van der Waals surface area contributed by atoms with Crippen LogP contribution in [0.1, 0.15) is 18.4 Å². The molecule has 5 nitrogen and oxygen atoms in total. The first-order chi connectivity index (χ1) is 8.88. The zero-order valence-corrected chi connectivity index (χ0v) is 11.8. The average Bonchev–Trinajstić information content (AvgIpc) is 3.07. The van der Waals surface area contributed by atoms with Gasteiger partial charge in [-0.3, -0.25) is 0 Å². The van der Waals surface area contributed by atoms with Crippen molar-refractivity contribution in [2.45, 2.75) is 30.3 Å². The molecule has 0 radical (unpaired) electrons. The van der Waals surface area contributed by atoms with E-state index >= 15 is 0 Å². The maximum Gasteiger partial charge on any atom is 0.256 e. The van der Waals surface area contributed by atoms with Crippen molar-refractivity contribution < 1.29 is 12.8 Å². The third kappa shape index (κ3) is 3.97. The van der Waals surface area contributed by atoms with E-state index in [2.05, 4.69) is 10.1 Å². The molecule has 0 spiro atoms. The van der Waals surface area contributed by atoms with Crippen molar-refractivity contribution in [3.8, 4) is 0 Å². The molecular formula is C12H18FN3O2S. The fourth-order valence-electron chi connectivity index (χ4n) is 1.71. The Morgan fingerprint density at radius 1 is 1.37 bits per heavy atom. The van der Waals surface area contributed by atoms with Gasteiger partial charge in [0.05, 0.1) is 0 Å². The van der Waals surface area contributed by atoms with Crippen molar-refractivity contribution in [3.63, 3.8) is 0 Å². The molecule has 0 amide bonds. The van der Waals surface area contributed by atoms with E-state index in [-0.39, 0.29) is 4.90 Å². The predicted molar refractivity (Wildman–Crippen MR) is 70.3 cm³/mol. The van der Waals surface area contributed by atoms with E-state index in [0.717, 1.165) is 18.4 Å². The second-order valence-electron chi connectivity index (χ2n) is 4.91. The first kappa shape index (κ1) is 14.4. The van der Waals surface area contributed by atoms with Crippen LogP contribution in [0.5, 0.6) is 0 Å². The fourth-order valence-corrected chi connectivity index (χ4v) is 2.85. The number of sulfonamides is 1. The molecule has 1 aromatic carbocycles. The van der Waals surface area contributed by atoms with E-state index in [1.54, 1.807) is 6.07 Å². The minimum absolute atomic E-state index is 0.337. The summed E-state index contributed by atoms with van der Waals surface area (Å²) < 4.78 is 37.6. The maximum atomic E-state index is 13.9. The summed E-state index contributed by atoms with van der Waals surface area (Å²) in [6.45, 7) is 0.559. The standard InChI is InChI=1S/C12H18FN3O2S/c1-16(2)15-19(17,18)12-6-3-9(7-11(12)13)8-14-10-4-5-10/h3,6-7,10,14-15H,4-5,8H2,1-2H3. The molecule has 0 saturated heterocycles. The summed E-state index contributed by atoms with van der Waals surface area (Å²) >= 11 is 0. The summed E-state index contributed by atoms with van der Waals surface area (Å²) in [6.07, 6.45) is 2.31. The minimum atomic E-state index is -3.85. The summed E-state index contributed by atoms with van der Waals surface area (Å²) in [5, 5.41) is 4.51.